The Morgan fingerprint density at radius 3 is 2.44 bits per heavy atom. The molecule has 2 aromatic carbocycles. The first kappa shape index (κ1) is 22.5. The van der Waals surface area contributed by atoms with Crippen LogP contribution in [0.3, 0.4) is 0 Å². The first-order valence-electron chi connectivity index (χ1n) is 12.7. The Hall–Kier alpha value is -1.93. The molecule has 34 heavy (non-hydrogen) atoms. The van der Waals surface area contributed by atoms with Crippen LogP contribution in [0.2, 0.25) is 0 Å². The predicted octanol–water partition coefficient (Wildman–Crippen LogP) is 3.97. The van der Waals surface area contributed by atoms with E-state index < -0.39 is 16.8 Å². The second kappa shape index (κ2) is 8.94. The van der Waals surface area contributed by atoms with Crippen LogP contribution in [0.1, 0.15) is 36.0 Å². The van der Waals surface area contributed by atoms with Crippen molar-refractivity contribution in [2.75, 3.05) is 62.3 Å². The zero-order valence-electron chi connectivity index (χ0n) is 20.3. The molecule has 0 aromatic heterocycles. The summed E-state index contributed by atoms with van der Waals surface area (Å²) in [5.41, 5.74) is 6.15. The maximum Gasteiger partial charge on any atom is 0.215 e. The van der Waals surface area contributed by atoms with E-state index >= 15 is 0 Å². The van der Waals surface area contributed by atoms with Gasteiger partial charge in [-0.3, -0.25) is 0 Å². The lowest BCUT2D eigenvalue weighted by Crippen LogP contribution is -2.47. The smallest absolute Gasteiger partial charge is 0.215 e. The lowest BCUT2D eigenvalue weighted by atomic mass is 10.1. The molecule has 1 unspecified atom stereocenters. The number of benzene rings is 2. The summed E-state index contributed by atoms with van der Waals surface area (Å²) in [4.78, 5) is 5.67. The molecule has 182 valence electrons. The first-order valence-corrected chi connectivity index (χ1v) is 13.8. The third-order valence-electron chi connectivity index (χ3n) is 7.78. The average molecular weight is 482 g/mol. The van der Waals surface area contributed by atoms with Gasteiger partial charge in [0.25, 0.3) is 0 Å². The van der Waals surface area contributed by atoms with E-state index in [0.717, 1.165) is 62.1 Å². The van der Waals surface area contributed by atoms with Gasteiger partial charge in [0.2, 0.25) is 5.79 Å². The number of piperazine rings is 1. The van der Waals surface area contributed by atoms with Gasteiger partial charge in [0.15, 0.2) is 0 Å². The molecule has 1 atom stereocenters. The van der Waals surface area contributed by atoms with E-state index in [2.05, 4.69) is 58.3 Å². The molecule has 3 aliphatic heterocycles. The highest BCUT2D eigenvalue weighted by molar-refractivity contribution is 7.82. The van der Waals surface area contributed by atoms with Crippen LogP contribution in [0.15, 0.2) is 41.3 Å². The largest absolute Gasteiger partial charge is 0.369 e. The molecule has 2 aromatic rings. The molecule has 3 fully saturated rings. The minimum atomic E-state index is -1.20. The molecule has 6 rings (SSSR count). The number of hydrogen-bond donors (Lipinski definition) is 0. The summed E-state index contributed by atoms with van der Waals surface area (Å²) in [7, 11) is -1.20. The molecule has 6 nitrogen and oxygen atoms in total. The lowest BCUT2D eigenvalue weighted by molar-refractivity contribution is -0.265. The third-order valence-corrected chi connectivity index (χ3v) is 9.27. The minimum Gasteiger partial charge on any atom is -0.369 e. The van der Waals surface area contributed by atoms with E-state index in [9.17, 15) is 4.21 Å². The van der Waals surface area contributed by atoms with E-state index in [1.54, 1.807) is 0 Å². The Balaban J connectivity index is 1.19. The quantitative estimate of drug-likeness (QED) is 0.647. The summed E-state index contributed by atoms with van der Waals surface area (Å²) in [6, 6.07) is 12.9. The van der Waals surface area contributed by atoms with Crippen LogP contribution in [0.5, 0.6) is 0 Å². The van der Waals surface area contributed by atoms with Gasteiger partial charge in [-0.1, -0.05) is 6.07 Å². The van der Waals surface area contributed by atoms with Gasteiger partial charge in [-0.15, -0.1) is 0 Å². The van der Waals surface area contributed by atoms with Crippen molar-refractivity contribution in [2.45, 2.75) is 43.8 Å². The standard InChI is InChI=1S/C27H35N3O3S/c1-20-4-7-23(16-21(20)2)28-10-12-30(13-11-28)34(31)24-8-9-26-25(17-24)27(32-14-3-15-33-27)19-29(26)18-22-5-6-22/h4,7-9,16-17,22H,3,5-6,10-15,18-19H2,1-2H3. The van der Waals surface area contributed by atoms with Gasteiger partial charge >= 0.3 is 0 Å². The zero-order chi connectivity index (χ0) is 23.3. The zero-order valence-corrected chi connectivity index (χ0v) is 21.1. The van der Waals surface area contributed by atoms with Gasteiger partial charge in [0.1, 0.15) is 11.0 Å². The lowest BCUT2D eigenvalue weighted by Gasteiger charge is -2.36. The fraction of sp³-hybridized carbons (Fsp3) is 0.556. The summed E-state index contributed by atoms with van der Waals surface area (Å²) in [5.74, 6) is 0.0824. The maximum absolute atomic E-state index is 13.6. The monoisotopic (exact) mass is 481 g/mol. The molecule has 2 saturated heterocycles. The topological polar surface area (TPSA) is 45.2 Å². The van der Waals surface area contributed by atoms with Gasteiger partial charge in [0.05, 0.1) is 24.7 Å². The summed E-state index contributed by atoms with van der Waals surface area (Å²) in [6.45, 7) is 10.9. The van der Waals surface area contributed by atoms with Crippen LogP contribution in [0.4, 0.5) is 11.4 Å². The molecular formula is C27H35N3O3S. The molecule has 7 heteroatoms. The van der Waals surface area contributed by atoms with Crippen LogP contribution in [0.25, 0.3) is 0 Å². The Kier molecular flexibility index (Phi) is 5.92. The van der Waals surface area contributed by atoms with Crippen molar-refractivity contribution in [1.82, 2.24) is 4.31 Å². The number of rotatable bonds is 5. The minimum absolute atomic E-state index is 0.704. The molecule has 0 N–H and O–H groups in total. The highest BCUT2D eigenvalue weighted by atomic mass is 32.2. The van der Waals surface area contributed by atoms with Crippen LogP contribution in [-0.4, -0.2) is 61.0 Å². The molecule has 1 aliphatic carbocycles. The Morgan fingerprint density at radius 1 is 0.971 bits per heavy atom. The number of anilines is 2. The van der Waals surface area contributed by atoms with Crippen LogP contribution in [0, 0.1) is 19.8 Å². The molecule has 0 amide bonds. The predicted molar refractivity (Wildman–Crippen MR) is 136 cm³/mol. The summed E-state index contributed by atoms with van der Waals surface area (Å²) < 4.78 is 28.2. The number of ether oxygens (including phenoxy) is 2. The van der Waals surface area contributed by atoms with Gasteiger partial charge in [0, 0.05) is 49.7 Å². The molecule has 3 heterocycles. The number of nitrogens with zero attached hydrogens (tertiary/aromatic N) is 3. The van der Waals surface area contributed by atoms with Crippen molar-refractivity contribution in [3.8, 4) is 0 Å². The number of hydrogen-bond acceptors (Lipinski definition) is 5. The highest BCUT2D eigenvalue weighted by Crippen LogP contribution is 2.46. The molecule has 0 radical (unpaired) electrons. The van der Waals surface area contributed by atoms with Crippen molar-refractivity contribution in [2.24, 2.45) is 5.92 Å². The highest BCUT2D eigenvalue weighted by Gasteiger charge is 2.47. The Labute approximate surface area is 205 Å². The van der Waals surface area contributed by atoms with Gasteiger partial charge < -0.3 is 19.3 Å². The molecule has 1 spiro atoms. The summed E-state index contributed by atoms with van der Waals surface area (Å²) >= 11 is 0. The van der Waals surface area contributed by atoms with Crippen molar-refractivity contribution >= 4 is 22.4 Å². The summed E-state index contributed by atoms with van der Waals surface area (Å²) in [5, 5.41) is 0. The van der Waals surface area contributed by atoms with Crippen molar-refractivity contribution in [1.29, 1.82) is 0 Å². The van der Waals surface area contributed by atoms with Crippen LogP contribution in [-0.2, 0) is 26.2 Å². The molecular weight excluding hydrogens is 446 g/mol. The fourth-order valence-electron chi connectivity index (χ4n) is 5.41. The fourth-order valence-corrected chi connectivity index (χ4v) is 6.60. The second-order valence-electron chi connectivity index (χ2n) is 10.2. The summed E-state index contributed by atoms with van der Waals surface area (Å²) in [6.07, 6.45) is 3.56. The molecule has 0 bridgehead atoms. The van der Waals surface area contributed by atoms with Crippen molar-refractivity contribution in [3.63, 3.8) is 0 Å². The van der Waals surface area contributed by atoms with Gasteiger partial charge in [-0.2, -0.15) is 0 Å². The van der Waals surface area contributed by atoms with Crippen molar-refractivity contribution in [3.05, 3.63) is 53.1 Å². The SMILES string of the molecule is Cc1ccc(N2CCN(S(=O)c3ccc4c(c3)C3(CN4CC4CC4)OCCCO3)CC2)cc1C. The van der Waals surface area contributed by atoms with Gasteiger partial charge in [-0.05, 0) is 80.5 Å². The van der Waals surface area contributed by atoms with Crippen LogP contribution < -0.4 is 9.80 Å². The maximum atomic E-state index is 13.6. The van der Waals surface area contributed by atoms with E-state index in [4.69, 9.17) is 9.47 Å². The van der Waals surface area contributed by atoms with Gasteiger partial charge in [-0.25, -0.2) is 8.51 Å². The molecule has 4 aliphatic rings. The number of aryl methyl sites for hydroxylation is 2. The molecule has 1 saturated carbocycles. The van der Waals surface area contributed by atoms with E-state index in [1.807, 2.05) is 6.07 Å². The second-order valence-corrected chi connectivity index (χ2v) is 11.7. The average Bonchev–Trinajstić information content (AvgIpc) is 3.64. The van der Waals surface area contributed by atoms with E-state index in [1.165, 1.54) is 35.3 Å². The van der Waals surface area contributed by atoms with Crippen LogP contribution >= 0.6 is 0 Å². The third kappa shape index (κ3) is 4.17. The van der Waals surface area contributed by atoms with E-state index in [0.29, 0.717) is 13.2 Å². The first-order chi connectivity index (χ1) is 16.5. The normalized spacial score (nSPS) is 23.4. The van der Waals surface area contributed by atoms with Crippen molar-refractivity contribution < 1.29 is 13.7 Å². The van der Waals surface area contributed by atoms with E-state index in [-0.39, 0.29) is 0 Å². The number of fused-ring (bicyclic) bond motifs is 2. The Bertz CT molecular complexity index is 1090. The Morgan fingerprint density at radius 2 is 1.74 bits per heavy atom.